The summed E-state index contributed by atoms with van der Waals surface area (Å²) in [6, 6.07) is 10.5. The van der Waals surface area contributed by atoms with E-state index in [0.29, 0.717) is 5.56 Å². The van der Waals surface area contributed by atoms with E-state index in [9.17, 15) is 17.6 Å². The number of sulfonamides is 1. The summed E-state index contributed by atoms with van der Waals surface area (Å²) in [6.45, 7) is 5.43. The lowest BCUT2D eigenvalue weighted by Gasteiger charge is -2.29. The molecule has 0 saturated carbocycles. The summed E-state index contributed by atoms with van der Waals surface area (Å²) in [5, 5.41) is 0. The first-order valence-electron chi connectivity index (χ1n) is 9.00. The molecule has 5 nitrogen and oxygen atoms in total. The molecule has 3 rings (SSSR count). The Hall–Kier alpha value is -2.51. The minimum atomic E-state index is -3.91. The summed E-state index contributed by atoms with van der Waals surface area (Å²) < 4.78 is 46.6. The highest BCUT2D eigenvalue weighted by molar-refractivity contribution is 7.89. The maximum Gasteiger partial charge on any atom is 0.335 e. The van der Waals surface area contributed by atoms with Gasteiger partial charge in [-0.15, -0.1) is 0 Å². The first-order chi connectivity index (χ1) is 13.3. The van der Waals surface area contributed by atoms with Crippen molar-refractivity contribution in [1.82, 2.24) is 4.31 Å². The van der Waals surface area contributed by atoms with E-state index in [-0.39, 0.29) is 17.1 Å². The number of hydrogen-bond acceptors (Lipinski definition) is 4. The smallest absolute Gasteiger partial charge is 0.335 e. The van der Waals surface area contributed by atoms with Gasteiger partial charge in [0, 0.05) is 6.04 Å². The molecule has 148 valence electrons. The van der Waals surface area contributed by atoms with E-state index in [1.807, 2.05) is 6.92 Å². The van der Waals surface area contributed by atoms with Crippen molar-refractivity contribution >= 4 is 16.0 Å². The molecule has 2 atom stereocenters. The van der Waals surface area contributed by atoms with Crippen molar-refractivity contribution in [1.29, 1.82) is 0 Å². The number of esters is 1. The number of carbonyl (C=O) groups excluding carboxylic acids is 1. The molecule has 0 bridgehead atoms. The van der Waals surface area contributed by atoms with Crippen LogP contribution in [0.2, 0.25) is 0 Å². The highest BCUT2D eigenvalue weighted by atomic mass is 32.2. The van der Waals surface area contributed by atoms with Crippen LogP contribution in [-0.2, 0) is 19.6 Å². The Bertz CT molecular complexity index is 998. The first kappa shape index (κ1) is 20.2. The van der Waals surface area contributed by atoms with Crippen LogP contribution in [0, 0.1) is 12.7 Å². The topological polar surface area (TPSA) is 63.7 Å². The van der Waals surface area contributed by atoms with Crippen molar-refractivity contribution in [2.24, 2.45) is 0 Å². The summed E-state index contributed by atoms with van der Waals surface area (Å²) in [4.78, 5) is 12.6. The molecule has 1 aliphatic rings. The van der Waals surface area contributed by atoms with E-state index in [2.05, 4.69) is 0 Å². The van der Waals surface area contributed by atoms with E-state index in [1.54, 1.807) is 44.2 Å². The molecule has 7 heteroatoms. The molecule has 2 aromatic rings. The molecular formula is C21H22FNO4S. The summed E-state index contributed by atoms with van der Waals surface area (Å²) in [5.74, 6) is -1.02. The average molecular weight is 403 g/mol. The summed E-state index contributed by atoms with van der Waals surface area (Å²) >= 11 is 0. The van der Waals surface area contributed by atoms with Crippen molar-refractivity contribution in [3.05, 3.63) is 77.1 Å². The third-order valence-corrected chi connectivity index (χ3v) is 6.63. The monoisotopic (exact) mass is 403 g/mol. The minimum absolute atomic E-state index is 0.135. The molecule has 0 aromatic heterocycles. The Labute approximate surface area is 164 Å². The summed E-state index contributed by atoms with van der Waals surface area (Å²) in [5.41, 5.74) is 1.67. The van der Waals surface area contributed by atoms with Gasteiger partial charge in [-0.1, -0.05) is 35.9 Å². The Balaban J connectivity index is 2.11. The standard InChI is InChI=1S/C21H22FNO4S/c1-4-27-21(24)19-13-15(3)23(20(19)16-7-9-17(22)10-8-16)28(25,26)18-11-5-14(2)6-12-18/h5-13,15,20H,4H2,1-3H3/t15-,20+/m1/s1. The quantitative estimate of drug-likeness (QED) is 0.713. The van der Waals surface area contributed by atoms with Gasteiger partial charge in [0.2, 0.25) is 10.0 Å². The summed E-state index contributed by atoms with van der Waals surface area (Å²) in [6.07, 6.45) is 1.59. The van der Waals surface area contributed by atoms with E-state index in [4.69, 9.17) is 4.74 Å². The molecule has 1 heterocycles. The fourth-order valence-electron chi connectivity index (χ4n) is 3.35. The molecule has 28 heavy (non-hydrogen) atoms. The molecule has 0 radical (unpaired) electrons. The predicted molar refractivity (Wildman–Crippen MR) is 104 cm³/mol. The summed E-state index contributed by atoms with van der Waals surface area (Å²) in [7, 11) is -3.91. The molecule has 0 N–H and O–H groups in total. The van der Waals surface area contributed by atoms with Gasteiger partial charge in [-0.25, -0.2) is 17.6 Å². The zero-order valence-corrected chi connectivity index (χ0v) is 16.7. The first-order valence-corrected chi connectivity index (χ1v) is 10.4. The largest absolute Gasteiger partial charge is 0.463 e. The molecule has 1 aliphatic heterocycles. The number of hydrogen-bond donors (Lipinski definition) is 0. The van der Waals surface area contributed by atoms with Gasteiger partial charge in [0.05, 0.1) is 23.1 Å². The normalized spacial score (nSPS) is 20.1. The third kappa shape index (κ3) is 3.72. The molecule has 0 spiro atoms. The van der Waals surface area contributed by atoms with Crippen molar-refractivity contribution in [2.45, 2.75) is 37.8 Å². The van der Waals surface area contributed by atoms with E-state index < -0.39 is 33.9 Å². The van der Waals surface area contributed by atoms with Crippen LogP contribution in [0.25, 0.3) is 0 Å². The number of rotatable bonds is 5. The van der Waals surface area contributed by atoms with Gasteiger partial charge in [0.25, 0.3) is 0 Å². The molecule has 0 fully saturated rings. The number of nitrogens with zero attached hydrogens (tertiary/aromatic N) is 1. The molecule has 0 amide bonds. The minimum Gasteiger partial charge on any atom is -0.463 e. The van der Waals surface area contributed by atoms with Crippen LogP contribution >= 0.6 is 0 Å². The van der Waals surface area contributed by atoms with Gasteiger partial charge in [0.1, 0.15) is 5.82 Å². The van der Waals surface area contributed by atoms with Crippen LogP contribution in [0.4, 0.5) is 4.39 Å². The van der Waals surface area contributed by atoms with Crippen LogP contribution in [0.1, 0.15) is 31.0 Å². The van der Waals surface area contributed by atoms with E-state index in [1.165, 1.54) is 28.6 Å². The van der Waals surface area contributed by atoms with Crippen molar-refractivity contribution in [3.8, 4) is 0 Å². The van der Waals surface area contributed by atoms with Gasteiger partial charge < -0.3 is 4.74 Å². The Morgan fingerprint density at radius 2 is 1.71 bits per heavy atom. The Kier molecular flexibility index (Phi) is 5.67. The van der Waals surface area contributed by atoms with Crippen molar-refractivity contribution in [2.75, 3.05) is 6.61 Å². The number of halogens is 1. The van der Waals surface area contributed by atoms with Crippen LogP contribution in [0.5, 0.6) is 0 Å². The maximum atomic E-state index is 13.4. The molecule has 0 unspecified atom stereocenters. The molecular weight excluding hydrogens is 381 g/mol. The zero-order chi connectivity index (χ0) is 20.5. The Morgan fingerprint density at radius 1 is 1.11 bits per heavy atom. The molecule has 2 aromatic carbocycles. The van der Waals surface area contributed by atoms with E-state index in [0.717, 1.165) is 5.56 Å². The SMILES string of the molecule is CCOC(=O)C1=C[C@@H](C)N(S(=O)(=O)c2ccc(C)cc2)[C@H]1c1ccc(F)cc1. The van der Waals surface area contributed by atoms with Crippen molar-refractivity contribution in [3.63, 3.8) is 0 Å². The fourth-order valence-corrected chi connectivity index (χ4v) is 5.09. The van der Waals surface area contributed by atoms with Gasteiger partial charge in [-0.2, -0.15) is 4.31 Å². The lowest BCUT2D eigenvalue weighted by Crippen LogP contribution is -2.37. The highest BCUT2D eigenvalue weighted by Gasteiger charge is 2.44. The predicted octanol–water partition coefficient (Wildman–Crippen LogP) is 3.76. The fraction of sp³-hybridized carbons (Fsp3) is 0.286. The maximum absolute atomic E-state index is 13.4. The van der Waals surface area contributed by atoms with Crippen molar-refractivity contribution < 1.29 is 22.3 Å². The second kappa shape index (κ2) is 7.85. The average Bonchev–Trinajstić information content (AvgIpc) is 3.01. The van der Waals surface area contributed by atoms with Gasteiger partial charge in [-0.05, 0) is 50.6 Å². The molecule has 0 saturated heterocycles. The van der Waals surface area contributed by atoms with Gasteiger partial charge in [-0.3, -0.25) is 0 Å². The second-order valence-corrected chi connectivity index (χ2v) is 8.53. The number of benzene rings is 2. The van der Waals surface area contributed by atoms with E-state index >= 15 is 0 Å². The number of ether oxygens (including phenoxy) is 1. The molecule has 0 aliphatic carbocycles. The number of aryl methyl sites for hydroxylation is 1. The second-order valence-electron chi connectivity index (χ2n) is 6.69. The van der Waals surface area contributed by atoms with Crippen LogP contribution in [0.15, 0.2) is 65.1 Å². The highest BCUT2D eigenvalue weighted by Crippen LogP contribution is 2.41. The Morgan fingerprint density at radius 3 is 2.29 bits per heavy atom. The zero-order valence-electron chi connectivity index (χ0n) is 15.9. The lowest BCUT2D eigenvalue weighted by atomic mass is 10.0. The van der Waals surface area contributed by atoms with Gasteiger partial charge in [0.15, 0.2) is 0 Å². The third-order valence-electron chi connectivity index (χ3n) is 4.66. The lowest BCUT2D eigenvalue weighted by molar-refractivity contribution is -0.138. The van der Waals surface area contributed by atoms with Crippen LogP contribution < -0.4 is 0 Å². The van der Waals surface area contributed by atoms with Crippen LogP contribution in [-0.4, -0.2) is 31.3 Å². The van der Waals surface area contributed by atoms with Gasteiger partial charge >= 0.3 is 5.97 Å². The number of carbonyl (C=O) groups is 1. The van der Waals surface area contributed by atoms with Crippen LogP contribution in [0.3, 0.4) is 0 Å².